The van der Waals surface area contributed by atoms with Gasteiger partial charge in [-0.1, -0.05) is 43.2 Å². The van der Waals surface area contributed by atoms with Crippen LogP contribution < -0.4 is 10.1 Å². The number of nitrogens with zero attached hydrogens (tertiary/aromatic N) is 1. The van der Waals surface area contributed by atoms with Crippen molar-refractivity contribution in [3.8, 4) is 11.5 Å². The highest BCUT2D eigenvalue weighted by Crippen LogP contribution is 2.29. The van der Waals surface area contributed by atoms with Gasteiger partial charge in [0.05, 0.1) is 5.69 Å². The molecule has 0 unspecified atom stereocenters. The Kier molecular flexibility index (Phi) is 6.25. The molecule has 2 amide bonds. The van der Waals surface area contributed by atoms with E-state index >= 15 is 0 Å². The quantitative estimate of drug-likeness (QED) is 0.820. The summed E-state index contributed by atoms with van der Waals surface area (Å²) < 4.78 is 5.84. The van der Waals surface area contributed by atoms with Crippen molar-refractivity contribution in [3.05, 3.63) is 54.6 Å². The number of para-hydroxylation sites is 3. The third-order valence-corrected chi connectivity index (χ3v) is 4.40. The lowest BCUT2D eigenvalue weighted by Gasteiger charge is -2.20. The zero-order chi connectivity index (χ0) is 18.2. The van der Waals surface area contributed by atoms with E-state index in [0.717, 1.165) is 38.8 Å². The van der Waals surface area contributed by atoms with Gasteiger partial charge in [0.15, 0.2) is 5.75 Å². The maximum atomic E-state index is 12.4. The summed E-state index contributed by atoms with van der Waals surface area (Å²) in [5.74, 6) is 0.818. The molecule has 0 aliphatic carbocycles. The average molecular weight is 352 g/mol. The molecule has 0 atom stereocenters. The molecule has 0 radical (unpaired) electrons. The summed E-state index contributed by atoms with van der Waals surface area (Å²) in [7, 11) is 0. The zero-order valence-corrected chi connectivity index (χ0v) is 14.8. The van der Waals surface area contributed by atoms with Crippen molar-refractivity contribution in [3.63, 3.8) is 0 Å². The number of carbonyl (C=O) groups is 2. The first-order valence-corrected chi connectivity index (χ1v) is 9.12. The van der Waals surface area contributed by atoms with Gasteiger partial charge < -0.3 is 15.0 Å². The smallest absolute Gasteiger partial charge is 0.233 e. The summed E-state index contributed by atoms with van der Waals surface area (Å²) in [4.78, 5) is 26.5. The molecule has 0 aromatic heterocycles. The van der Waals surface area contributed by atoms with Crippen molar-refractivity contribution in [2.75, 3.05) is 18.4 Å². The van der Waals surface area contributed by atoms with Crippen LogP contribution in [0.4, 0.5) is 5.69 Å². The number of ether oxygens (including phenoxy) is 1. The highest BCUT2D eigenvalue weighted by atomic mass is 16.5. The zero-order valence-electron chi connectivity index (χ0n) is 14.8. The predicted molar refractivity (Wildman–Crippen MR) is 101 cm³/mol. The number of rotatable bonds is 5. The van der Waals surface area contributed by atoms with Gasteiger partial charge in [-0.3, -0.25) is 9.59 Å². The van der Waals surface area contributed by atoms with E-state index in [0.29, 0.717) is 17.2 Å². The molecule has 1 N–H and O–H groups in total. The van der Waals surface area contributed by atoms with Crippen LogP contribution in [0.25, 0.3) is 0 Å². The molecule has 5 nitrogen and oxygen atoms in total. The molecule has 1 saturated heterocycles. The van der Waals surface area contributed by atoms with E-state index in [2.05, 4.69) is 5.32 Å². The van der Waals surface area contributed by atoms with Gasteiger partial charge in [-0.05, 0) is 37.1 Å². The fraction of sp³-hybridized carbons (Fsp3) is 0.333. The number of anilines is 1. The first-order chi connectivity index (χ1) is 12.7. The maximum Gasteiger partial charge on any atom is 0.233 e. The summed E-state index contributed by atoms with van der Waals surface area (Å²) in [6.07, 6.45) is 4.20. The van der Waals surface area contributed by atoms with Crippen molar-refractivity contribution in [2.45, 2.75) is 32.1 Å². The Labute approximate surface area is 154 Å². The second-order valence-electron chi connectivity index (χ2n) is 6.43. The van der Waals surface area contributed by atoms with Crippen LogP contribution in [-0.2, 0) is 9.59 Å². The predicted octanol–water partition coefficient (Wildman–Crippen LogP) is 4.21. The topological polar surface area (TPSA) is 58.6 Å². The molecule has 26 heavy (non-hydrogen) atoms. The Bertz CT molecular complexity index is 738. The molecule has 1 heterocycles. The van der Waals surface area contributed by atoms with Gasteiger partial charge in [0.1, 0.15) is 12.2 Å². The Hall–Kier alpha value is -2.82. The fourth-order valence-electron chi connectivity index (χ4n) is 3.04. The van der Waals surface area contributed by atoms with Crippen LogP contribution in [0.3, 0.4) is 0 Å². The van der Waals surface area contributed by atoms with E-state index in [1.54, 1.807) is 17.0 Å². The van der Waals surface area contributed by atoms with Crippen molar-refractivity contribution in [1.82, 2.24) is 4.90 Å². The number of nitrogens with one attached hydrogen (secondary N) is 1. The van der Waals surface area contributed by atoms with E-state index in [9.17, 15) is 9.59 Å². The molecule has 2 aromatic rings. The summed E-state index contributed by atoms with van der Waals surface area (Å²) in [5, 5.41) is 2.80. The van der Waals surface area contributed by atoms with Gasteiger partial charge in [-0.25, -0.2) is 0 Å². The first-order valence-electron chi connectivity index (χ1n) is 9.12. The minimum absolute atomic E-state index is 0.106. The largest absolute Gasteiger partial charge is 0.455 e. The van der Waals surface area contributed by atoms with Crippen molar-refractivity contribution in [2.24, 2.45) is 0 Å². The number of amides is 2. The summed E-state index contributed by atoms with van der Waals surface area (Å²) in [6.45, 7) is 1.50. The first kappa shape index (κ1) is 18.0. The van der Waals surface area contributed by atoms with E-state index in [1.807, 2.05) is 42.5 Å². The molecule has 1 aliphatic rings. The molecule has 0 spiro atoms. The van der Waals surface area contributed by atoms with Crippen LogP contribution in [-0.4, -0.2) is 29.8 Å². The molecule has 136 valence electrons. The number of carbonyl (C=O) groups excluding carboxylic acids is 2. The maximum absolute atomic E-state index is 12.4. The lowest BCUT2D eigenvalue weighted by molar-refractivity contribution is -0.134. The number of likely N-dealkylation sites (tertiary alicyclic amines) is 1. The Morgan fingerprint density at radius 1 is 0.885 bits per heavy atom. The molecule has 3 rings (SSSR count). The molecule has 5 heteroatoms. The summed E-state index contributed by atoms with van der Waals surface area (Å²) in [6, 6.07) is 16.6. The third kappa shape index (κ3) is 5.09. The Morgan fingerprint density at radius 3 is 2.27 bits per heavy atom. The van der Waals surface area contributed by atoms with Crippen LogP contribution in [0.5, 0.6) is 11.5 Å². The minimum atomic E-state index is -0.316. The van der Waals surface area contributed by atoms with Gasteiger partial charge in [-0.2, -0.15) is 0 Å². The fourth-order valence-corrected chi connectivity index (χ4v) is 3.04. The third-order valence-electron chi connectivity index (χ3n) is 4.40. The lowest BCUT2D eigenvalue weighted by atomic mass is 10.2. The van der Waals surface area contributed by atoms with Crippen molar-refractivity contribution < 1.29 is 14.3 Å². The van der Waals surface area contributed by atoms with E-state index < -0.39 is 0 Å². The minimum Gasteiger partial charge on any atom is -0.455 e. The number of benzene rings is 2. The van der Waals surface area contributed by atoms with Crippen LogP contribution in [0, 0.1) is 0 Å². The molecule has 2 aromatic carbocycles. The highest BCUT2D eigenvalue weighted by Gasteiger charge is 2.19. The van der Waals surface area contributed by atoms with Gasteiger partial charge in [0, 0.05) is 13.1 Å². The molecular formula is C21H24N2O3. The Morgan fingerprint density at radius 2 is 1.54 bits per heavy atom. The van der Waals surface area contributed by atoms with Gasteiger partial charge in [0.25, 0.3) is 0 Å². The molecule has 1 fully saturated rings. The van der Waals surface area contributed by atoms with Crippen molar-refractivity contribution in [1.29, 1.82) is 0 Å². The normalized spacial score (nSPS) is 14.4. The molecule has 1 aliphatic heterocycles. The van der Waals surface area contributed by atoms with Crippen LogP contribution >= 0.6 is 0 Å². The lowest BCUT2D eigenvalue weighted by Crippen LogP contribution is -2.34. The molecular weight excluding hydrogens is 328 g/mol. The summed E-state index contributed by atoms with van der Waals surface area (Å²) in [5.41, 5.74) is 0.560. The number of hydrogen-bond acceptors (Lipinski definition) is 3. The second-order valence-corrected chi connectivity index (χ2v) is 6.43. The van der Waals surface area contributed by atoms with E-state index in [4.69, 9.17) is 4.74 Å². The summed E-state index contributed by atoms with van der Waals surface area (Å²) >= 11 is 0. The van der Waals surface area contributed by atoms with Crippen molar-refractivity contribution >= 4 is 17.5 Å². The average Bonchev–Trinajstić information content (AvgIpc) is 2.94. The molecule has 0 saturated carbocycles. The van der Waals surface area contributed by atoms with E-state index in [-0.39, 0.29) is 18.2 Å². The highest BCUT2D eigenvalue weighted by molar-refractivity contribution is 6.04. The second kappa shape index (κ2) is 9.04. The standard InChI is InChI=1S/C21H24N2O3/c24-20(16-21(25)23-14-8-1-2-9-15-23)22-18-12-6-7-13-19(18)26-17-10-4-3-5-11-17/h3-7,10-13H,1-2,8-9,14-16H2,(H,22,24). The van der Waals surface area contributed by atoms with Gasteiger partial charge in [-0.15, -0.1) is 0 Å². The van der Waals surface area contributed by atoms with Crippen LogP contribution in [0.2, 0.25) is 0 Å². The SMILES string of the molecule is O=C(CC(=O)N1CCCCCC1)Nc1ccccc1Oc1ccccc1. The van der Waals surface area contributed by atoms with E-state index in [1.165, 1.54) is 0 Å². The Balaban J connectivity index is 1.61. The monoisotopic (exact) mass is 352 g/mol. The van der Waals surface area contributed by atoms with Crippen LogP contribution in [0.15, 0.2) is 54.6 Å². The molecule has 0 bridgehead atoms. The van der Waals surface area contributed by atoms with Gasteiger partial charge >= 0.3 is 0 Å². The van der Waals surface area contributed by atoms with Crippen LogP contribution in [0.1, 0.15) is 32.1 Å². The number of hydrogen-bond donors (Lipinski definition) is 1. The van der Waals surface area contributed by atoms with Gasteiger partial charge in [0.2, 0.25) is 11.8 Å².